The molecule has 5 heteroatoms. The molecule has 4 rings (SSSR count). The van der Waals surface area contributed by atoms with E-state index in [1.165, 1.54) is 0 Å². The van der Waals surface area contributed by atoms with Crippen LogP contribution in [0.4, 0.5) is 0 Å². The quantitative estimate of drug-likeness (QED) is 0.699. The van der Waals surface area contributed by atoms with Crippen molar-refractivity contribution in [1.29, 1.82) is 0 Å². The number of likely N-dealkylation sites (tertiary alicyclic amines) is 1. The number of rotatable bonds is 3. The van der Waals surface area contributed by atoms with Gasteiger partial charge in [-0.25, -0.2) is 4.98 Å². The van der Waals surface area contributed by atoms with Crippen molar-refractivity contribution < 1.29 is 4.79 Å². The summed E-state index contributed by atoms with van der Waals surface area (Å²) in [5, 5.41) is 0.804. The summed E-state index contributed by atoms with van der Waals surface area (Å²) in [6.07, 6.45) is 4.75. The van der Waals surface area contributed by atoms with Gasteiger partial charge in [0, 0.05) is 23.7 Å². The van der Waals surface area contributed by atoms with Gasteiger partial charge in [-0.05, 0) is 56.9 Å². The van der Waals surface area contributed by atoms with Crippen LogP contribution in [0.5, 0.6) is 0 Å². The number of carbonyl (C=O) groups is 1. The Morgan fingerprint density at radius 3 is 2.50 bits per heavy atom. The zero-order valence-electron chi connectivity index (χ0n) is 16.3. The second-order valence-electron chi connectivity index (χ2n) is 7.69. The Balaban J connectivity index is 1.84. The Hall–Kier alpha value is -2.95. The van der Waals surface area contributed by atoms with Gasteiger partial charge in [0.2, 0.25) is 0 Å². The number of hydrogen-bond acceptors (Lipinski definition) is 3. The number of piperidine rings is 1. The van der Waals surface area contributed by atoms with E-state index in [2.05, 4.69) is 18.8 Å². The molecular formula is C23H25N3O2. The molecule has 0 N–H and O–H groups in total. The lowest BCUT2D eigenvalue weighted by atomic mass is 9.96. The Labute approximate surface area is 164 Å². The minimum atomic E-state index is -0.273. The van der Waals surface area contributed by atoms with Crippen molar-refractivity contribution in [2.45, 2.75) is 51.7 Å². The third-order valence-electron chi connectivity index (χ3n) is 5.69. The monoisotopic (exact) mass is 375 g/mol. The van der Waals surface area contributed by atoms with Crippen LogP contribution in [0, 0.1) is 0 Å². The van der Waals surface area contributed by atoms with E-state index in [9.17, 15) is 9.59 Å². The third kappa shape index (κ3) is 3.33. The molecule has 28 heavy (non-hydrogen) atoms. The fourth-order valence-electron chi connectivity index (χ4n) is 4.23. The van der Waals surface area contributed by atoms with E-state index >= 15 is 0 Å². The summed E-state index contributed by atoms with van der Waals surface area (Å²) in [4.78, 5) is 33.0. The summed E-state index contributed by atoms with van der Waals surface area (Å²) >= 11 is 0. The van der Waals surface area contributed by atoms with Crippen molar-refractivity contribution in [3.05, 3.63) is 76.2 Å². The second-order valence-corrected chi connectivity index (χ2v) is 7.69. The summed E-state index contributed by atoms with van der Waals surface area (Å²) in [6.45, 7) is 4.52. The molecule has 0 bridgehead atoms. The van der Waals surface area contributed by atoms with Crippen LogP contribution >= 0.6 is 0 Å². The van der Waals surface area contributed by atoms with Crippen LogP contribution in [0.1, 0.15) is 49.0 Å². The van der Waals surface area contributed by atoms with Gasteiger partial charge in [-0.2, -0.15) is 0 Å². The van der Waals surface area contributed by atoms with Crippen molar-refractivity contribution in [3.8, 4) is 0 Å². The molecule has 2 atom stereocenters. The van der Waals surface area contributed by atoms with Gasteiger partial charge in [-0.15, -0.1) is 0 Å². The van der Waals surface area contributed by atoms with Crippen LogP contribution in [0.2, 0.25) is 0 Å². The molecule has 2 aromatic heterocycles. The Kier molecular flexibility index (Phi) is 4.99. The van der Waals surface area contributed by atoms with E-state index in [4.69, 9.17) is 0 Å². The number of hydrogen-bond donors (Lipinski definition) is 0. The number of carbonyl (C=O) groups excluding carboxylic acids is 1. The van der Waals surface area contributed by atoms with Gasteiger partial charge in [0.15, 0.2) is 0 Å². The number of nitrogens with zero attached hydrogens (tertiary/aromatic N) is 3. The molecule has 1 aliphatic heterocycles. The molecule has 1 saturated heterocycles. The molecule has 5 nitrogen and oxygen atoms in total. The summed E-state index contributed by atoms with van der Waals surface area (Å²) in [5.41, 5.74) is 1.57. The van der Waals surface area contributed by atoms with E-state index in [0.717, 1.165) is 30.2 Å². The number of pyridine rings is 2. The summed E-state index contributed by atoms with van der Waals surface area (Å²) in [6, 6.07) is 15.5. The highest BCUT2D eigenvalue weighted by molar-refractivity contribution is 5.97. The maximum atomic E-state index is 13.4. The van der Waals surface area contributed by atoms with Crippen LogP contribution in [-0.2, 0) is 6.54 Å². The molecule has 3 aromatic rings. The highest BCUT2D eigenvalue weighted by Gasteiger charge is 2.31. The van der Waals surface area contributed by atoms with E-state index in [0.29, 0.717) is 12.2 Å². The maximum absolute atomic E-state index is 13.4. The Morgan fingerprint density at radius 1 is 1.07 bits per heavy atom. The first kappa shape index (κ1) is 18.4. The molecule has 2 unspecified atom stereocenters. The average molecular weight is 375 g/mol. The van der Waals surface area contributed by atoms with Gasteiger partial charge in [0.25, 0.3) is 11.5 Å². The highest BCUT2D eigenvalue weighted by Crippen LogP contribution is 2.24. The number of fused-ring (bicyclic) bond motifs is 1. The molecule has 1 fully saturated rings. The summed E-state index contributed by atoms with van der Waals surface area (Å²) in [5.74, 6) is -0.169. The molecule has 3 heterocycles. The minimum Gasteiger partial charge on any atom is -0.333 e. The van der Waals surface area contributed by atoms with Crippen molar-refractivity contribution in [3.63, 3.8) is 0 Å². The number of benzene rings is 1. The van der Waals surface area contributed by atoms with Gasteiger partial charge in [0.1, 0.15) is 11.2 Å². The van der Waals surface area contributed by atoms with Crippen LogP contribution in [-0.4, -0.2) is 32.4 Å². The normalized spacial score (nSPS) is 19.7. The van der Waals surface area contributed by atoms with Crippen LogP contribution in [0.25, 0.3) is 11.0 Å². The third-order valence-corrected chi connectivity index (χ3v) is 5.69. The molecule has 1 aromatic carbocycles. The maximum Gasteiger partial charge on any atom is 0.265 e. The van der Waals surface area contributed by atoms with Crippen molar-refractivity contribution in [1.82, 2.24) is 14.5 Å². The lowest BCUT2D eigenvalue weighted by molar-refractivity contribution is 0.0508. The fourth-order valence-corrected chi connectivity index (χ4v) is 4.23. The van der Waals surface area contributed by atoms with E-state index < -0.39 is 0 Å². The Morgan fingerprint density at radius 2 is 1.79 bits per heavy atom. The summed E-state index contributed by atoms with van der Waals surface area (Å²) in [7, 11) is 0. The lowest BCUT2D eigenvalue weighted by Gasteiger charge is -2.39. The topological polar surface area (TPSA) is 55.2 Å². The van der Waals surface area contributed by atoms with Crippen molar-refractivity contribution >= 4 is 16.9 Å². The van der Waals surface area contributed by atoms with Gasteiger partial charge >= 0.3 is 0 Å². The van der Waals surface area contributed by atoms with Gasteiger partial charge in [0.05, 0.1) is 6.54 Å². The molecule has 0 spiro atoms. The first-order valence-corrected chi connectivity index (χ1v) is 9.91. The second kappa shape index (κ2) is 7.58. The number of amides is 1. The number of aromatic nitrogens is 2. The smallest absolute Gasteiger partial charge is 0.265 e. The fraction of sp³-hybridized carbons (Fsp3) is 0.348. The minimum absolute atomic E-state index is 0.141. The molecule has 144 valence electrons. The lowest BCUT2D eigenvalue weighted by Crippen LogP contribution is -2.49. The van der Waals surface area contributed by atoms with Gasteiger partial charge < -0.3 is 4.90 Å². The van der Waals surface area contributed by atoms with Crippen LogP contribution in [0.3, 0.4) is 0 Å². The zero-order chi connectivity index (χ0) is 19.7. The average Bonchev–Trinajstić information content (AvgIpc) is 2.70. The first-order valence-electron chi connectivity index (χ1n) is 9.91. The predicted octanol–water partition coefficient (Wildman–Crippen LogP) is 3.85. The highest BCUT2D eigenvalue weighted by atomic mass is 16.2. The van der Waals surface area contributed by atoms with Crippen LogP contribution < -0.4 is 5.56 Å². The largest absolute Gasteiger partial charge is 0.333 e. The predicted molar refractivity (Wildman–Crippen MR) is 110 cm³/mol. The SMILES string of the molecule is CC1CCCC(C)N1C(=O)c1cc2cccnc2n(Cc2ccccc2)c1=O. The van der Waals surface area contributed by atoms with Gasteiger partial charge in [-0.1, -0.05) is 30.3 Å². The zero-order valence-corrected chi connectivity index (χ0v) is 16.3. The molecule has 1 aliphatic rings. The van der Waals surface area contributed by atoms with E-state index in [1.54, 1.807) is 16.8 Å². The standard InChI is InChI=1S/C23H25N3O2/c1-16-8-6-9-17(2)26(16)23(28)20-14-19-12-7-13-24-21(19)25(22(20)27)15-18-10-4-3-5-11-18/h3-5,7,10-14,16-17H,6,8-9,15H2,1-2H3. The molecule has 0 saturated carbocycles. The van der Waals surface area contributed by atoms with E-state index in [-0.39, 0.29) is 29.1 Å². The van der Waals surface area contributed by atoms with Crippen molar-refractivity contribution in [2.24, 2.45) is 0 Å². The Bertz CT molecular complexity index is 1050. The van der Waals surface area contributed by atoms with Gasteiger partial charge in [-0.3, -0.25) is 14.2 Å². The van der Waals surface area contributed by atoms with Crippen molar-refractivity contribution in [2.75, 3.05) is 0 Å². The van der Waals surface area contributed by atoms with Crippen LogP contribution in [0.15, 0.2) is 59.5 Å². The molecule has 1 amide bonds. The van der Waals surface area contributed by atoms with E-state index in [1.807, 2.05) is 47.4 Å². The first-order chi connectivity index (χ1) is 13.6. The molecular weight excluding hydrogens is 350 g/mol. The molecule has 0 radical (unpaired) electrons. The summed E-state index contributed by atoms with van der Waals surface area (Å²) < 4.78 is 1.62. The molecule has 0 aliphatic carbocycles.